The number of rotatable bonds is 5. The van der Waals surface area contributed by atoms with Crippen LogP contribution in [-0.4, -0.2) is 15.5 Å². The van der Waals surface area contributed by atoms with Crippen LogP contribution in [0.25, 0.3) is 28.2 Å². The van der Waals surface area contributed by atoms with Crippen molar-refractivity contribution in [3.8, 4) is 23.1 Å². The summed E-state index contributed by atoms with van der Waals surface area (Å²) in [6, 6.07) is 26.1. The van der Waals surface area contributed by atoms with Gasteiger partial charge in [-0.15, -0.1) is 0 Å². The number of aromatic hydroxyl groups is 1. The Morgan fingerprint density at radius 1 is 1.03 bits per heavy atom. The van der Waals surface area contributed by atoms with Crippen LogP contribution in [0.3, 0.4) is 0 Å². The van der Waals surface area contributed by atoms with Crippen LogP contribution in [0.4, 0.5) is 0 Å². The Morgan fingerprint density at radius 3 is 2.47 bits per heavy atom. The van der Waals surface area contributed by atoms with E-state index in [1.54, 1.807) is 18.2 Å². The lowest BCUT2D eigenvalue weighted by molar-refractivity contribution is 0.104. The zero-order chi connectivity index (χ0) is 21.1. The highest BCUT2D eigenvalue weighted by Gasteiger charge is 2.25. The molecule has 0 aliphatic carbocycles. The maximum absolute atomic E-state index is 13.6. The van der Waals surface area contributed by atoms with Crippen LogP contribution in [0, 0.1) is 11.3 Å². The average Bonchev–Trinajstić information content (AvgIpc) is 3.12. The van der Waals surface area contributed by atoms with E-state index in [0.29, 0.717) is 17.7 Å². The predicted octanol–water partition coefficient (Wildman–Crippen LogP) is 5.82. The van der Waals surface area contributed by atoms with Crippen LogP contribution >= 0.6 is 0 Å². The van der Waals surface area contributed by atoms with Crippen molar-refractivity contribution < 1.29 is 9.90 Å². The molecule has 0 aliphatic rings. The third kappa shape index (κ3) is 3.38. The molecule has 30 heavy (non-hydrogen) atoms. The Hall–Kier alpha value is -4.10. The Balaban J connectivity index is 1.98. The third-order valence-corrected chi connectivity index (χ3v) is 5.11. The van der Waals surface area contributed by atoms with Gasteiger partial charge < -0.3 is 9.67 Å². The SMILES string of the molecule is CCn1c(-c2ccccc2)c(C(=O)/C(C#N)=C/c2cccc(O)c2)c2ccccc21. The Morgan fingerprint density at radius 2 is 1.77 bits per heavy atom. The van der Waals surface area contributed by atoms with Gasteiger partial charge in [-0.2, -0.15) is 5.26 Å². The van der Waals surface area contributed by atoms with Crippen LogP contribution in [0.1, 0.15) is 22.8 Å². The molecule has 4 heteroatoms. The minimum atomic E-state index is -0.330. The van der Waals surface area contributed by atoms with Crippen LogP contribution in [-0.2, 0) is 6.54 Å². The summed E-state index contributed by atoms with van der Waals surface area (Å²) in [6.45, 7) is 2.73. The van der Waals surface area contributed by atoms with Crippen LogP contribution in [0.5, 0.6) is 5.75 Å². The molecule has 0 atom stereocenters. The number of phenols is 1. The fourth-order valence-electron chi connectivity index (χ4n) is 3.82. The van der Waals surface area contributed by atoms with E-state index in [9.17, 15) is 15.2 Å². The molecule has 3 aromatic carbocycles. The van der Waals surface area contributed by atoms with Crippen LogP contribution in [0.2, 0.25) is 0 Å². The van der Waals surface area contributed by atoms with Crippen molar-refractivity contribution in [2.75, 3.05) is 0 Å². The van der Waals surface area contributed by atoms with Crippen molar-refractivity contribution in [2.24, 2.45) is 0 Å². The van der Waals surface area contributed by atoms with E-state index < -0.39 is 0 Å². The number of fused-ring (bicyclic) bond motifs is 1. The summed E-state index contributed by atoms with van der Waals surface area (Å²) in [5, 5.41) is 20.3. The van der Waals surface area contributed by atoms with Crippen molar-refractivity contribution in [2.45, 2.75) is 13.5 Å². The highest BCUT2D eigenvalue weighted by atomic mass is 16.3. The minimum absolute atomic E-state index is 0.0248. The quantitative estimate of drug-likeness (QED) is 0.264. The number of Topliss-reactive ketones (excluding diaryl/α,β-unsaturated/α-hetero) is 1. The lowest BCUT2D eigenvalue weighted by atomic mass is 9.96. The summed E-state index contributed by atoms with van der Waals surface area (Å²) < 4.78 is 2.11. The summed E-state index contributed by atoms with van der Waals surface area (Å²) in [5.41, 5.74) is 3.83. The standard InChI is InChI=1S/C26H20N2O2/c1-2-28-23-14-7-6-13-22(23)24(25(28)19-10-4-3-5-11-19)26(30)20(17-27)15-18-9-8-12-21(29)16-18/h3-16,29H,2H2,1H3/b20-15+. The van der Waals surface area contributed by atoms with E-state index >= 15 is 0 Å². The number of aryl methyl sites for hydroxylation is 1. The molecule has 0 unspecified atom stereocenters. The molecule has 0 saturated carbocycles. The molecule has 0 bridgehead atoms. The van der Waals surface area contributed by atoms with Gasteiger partial charge >= 0.3 is 0 Å². The Bertz CT molecular complexity index is 1310. The van der Waals surface area contributed by atoms with Gasteiger partial charge in [-0.25, -0.2) is 0 Å². The zero-order valence-corrected chi connectivity index (χ0v) is 16.5. The minimum Gasteiger partial charge on any atom is -0.508 e. The molecular formula is C26H20N2O2. The number of para-hydroxylation sites is 1. The van der Waals surface area contributed by atoms with Crippen molar-refractivity contribution in [3.63, 3.8) is 0 Å². The van der Waals surface area contributed by atoms with E-state index in [0.717, 1.165) is 22.2 Å². The molecule has 0 aliphatic heterocycles. The van der Waals surface area contributed by atoms with Crippen LogP contribution in [0.15, 0.2) is 84.4 Å². The molecule has 0 radical (unpaired) electrons. The van der Waals surface area contributed by atoms with Gasteiger partial charge in [-0.05, 0) is 42.3 Å². The van der Waals surface area contributed by atoms with Gasteiger partial charge in [0.05, 0.1) is 11.3 Å². The second-order valence-electron chi connectivity index (χ2n) is 6.94. The number of phenolic OH excluding ortho intramolecular Hbond substituents is 1. The number of benzene rings is 3. The number of carbonyl (C=O) groups is 1. The predicted molar refractivity (Wildman–Crippen MR) is 119 cm³/mol. The third-order valence-electron chi connectivity index (χ3n) is 5.11. The molecule has 1 heterocycles. The van der Waals surface area contributed by atoms with E-state index in [1.807, 2.05) is 61.5 Å². The van der Waals surface area contributed by atoms with Gasteiger partial charge in [0.25, 0.3) is 0 Å². The van der Waals surface area contributed by atoms with E-state index in [-0.39, 0.29) is 17.1 Å². The molecule has 4 aromatic rings. The van der Waals surface area contributed by atoms with Gasteiger partial charge in [-0.3, -0.25) is 4.79 Å². The number of hydrogen-bond acceptors (Lipinski definition) is 3. The lowest BCUT2D eigenvalue weighted by Crippen LogP contribution is -2.05. The lowest BCUT2D eigenvalue weighted by Gasteiger charge is -2.10. The van der Waals surface area contributed by atoms with Gasteiger partial charge in [0.15, 0.2) is 0 Å². The van der Waals surface area contributed by atoms with Gasteiger partial charge in [0.2, 0.25) is 5.78 Å². The van der Waals surface area contributed by atoms with Crippen molar-refractivity contribution in [1.82, 2.24) is 4.57 Å². The maximum atomic E-state index is 13.6. The smallest absolute Gasteiger partial charge is 0.206 e. The van der Waals surface area contributed by atoms with Crippen molar-refractivity contribution in [1.29, 1.82) is 5.26 Å². The number of allylic oxidation sites excluding steroid dienone is 1. The van der Waals surface area contributed by atoms with Gasteiger partial charge in [0, 0.05) is 17.4 Å². The second-order valence-corrected chi connectivity index (χ2v) is 6.94. The topological polar surface area (TPSA) is 66.0 Å². The van der Waals surface area contributed by atoms with Crippen molar-refractivity contribution in [3.05, 3.63) is 95.6 Å². The molecular weight excluding hydrogens is 372 g/mol. The Kier molecular flexibility index (Phi) is 5.19. The van der Waals surface area contributed by atoms with Crippen LogP contribution < -0.4 is 0 Å². The van der Waals surface area contributed by atoms with Gasteiger partial charge in [0.1, 0.15) is 17.4 Å². The Labute approximate surface area is 174 Å². The molecule has 0 spiro atoms. The maximum Gasteiger partial charge on any atom is 0.206 e. The highest BCUT2D eigenvalue weighted by molar-refractivity contribution is 6.23. The summed E-state index contributed by atoms with van der Waals surface area (Å²) >= 11 is 0. The van der Waals surface area contributed by atoms with E-state index in [1.165, 1.54) is 12.1 Å². The number of hydrogen-bond donors (Lipinski definition) is 1. The zero-order valence-electron chi connectivity index (χ0n) is 16.5. The number of aromatic nitrogens is 1. The molecule has 1 N–H and O–H groups in total. The number of ketones is 1. The largest absolute Gasteiger partial charge is 0.508 e. The first-order chi connectivity index (χ1) is 14.6. The molecule has 0 fully saturated rings. The summed E-state index contributed by atoms with van der Waals surface area (Å²) in [6.07, 6.45) is 1.52. The summed E-state index contributed by atoms with van der Waals surface area (Å²) in [4.78, 5) is 13.6. The van der Waals surface area contributed by atoms with Crippen molar-refractivity contribution >= 4 is 22.8 Å². The normalized spacial score (nSPS) is 11.4. The van der Waals surface area contributed by atoms with E-state index in [2.05, 4.69) is 10.6 Å². The fourth-order valence-corrected chi connectivity index (χ4v) is 3.82. The molecule has 0 saturated heterocycles. The molecule has 146 valence electrons. The molecule has 1 aromatic heterocycles. The number of carbonyl (C=O) groups excluding carboxylic acids is 1. The monoisotopic (exact) mass is 392 g/mol. The van der Waals surface area contributed by atoms with E-state index in [4.69, 9.17) is 0 Å². The molecule has 4 nitrogen and oxygen atoms in total. The summed E-state index contributed by atoms with van der Waals surface area (Å²) in [5.74, 6) is -0.246. The number of nitriles is 1. The van der Waals surface area contributed by atoms with Gasteiger partial charge in [-0.1, -0.05) is 60.7 Å². The molecule has 0 amide bonds. The number of nitrogens with zero attached hydrogens (tertiary/aromatic N) is 2. The second kappa shape index (κ2) is 8.10. The highest BCUT2D eigenvalue weighted by Crippen LogP contribution is 2.35. The average molecular weight is 392 g/mol. The first kappa shape index (κ1) is 19.2. The molecule has 4 rings (SSSR count). The summed E-state index contributed by atoms with van der Waals surface area (Å²) in [7, 11) is 0. The first-order valence-corrected chi connectivity index (χ1v) is 9.76. The fraction of sp³-hybridized carbons (Fsp3) is 0.0769. The first-order valence-electron chi connectivity index (χ1n) is 9.76.